The molecule has 0 N–H and O–H groups in total. The standard InChI is InChI=1S/C22H19BrClN3O2/c1-4-10-29-20-9-6-15(11-18(20)24)13-25-27-21(14(3)5-2)26-19-8-7-16(23)12-17(19)22(27)28/h1,6-9,11-14H,5,10H2,2-3H3/t14-/m0/s1. The maximum atomic E-state index is 13.1. The minimum Gasteiger partial charge on any atom is -0.479 e. The van der Waals surface area contributed by atoms with Crippen LogP contribution in [-0.2, 0) is 0 Å². The van der Waals surface area contributed by atoms with E-state index in [4.69, 9.17) is 22.8 Å². The van der Waals surface area contributed by atoms with E-state index in [0.29, 0.717) is 27.5 Å². The molecule has 1 aromatic heterocycles. The molecule has 7 heteroatoms. The lowest BCUT2D eigenvalue weighted by atomic mass is 10.1. The fourth-order valence-electron chi connectivity index (χ4n) is 2.74. The molecule has 5 nitrogen and oxygen atoms in total. The SMILES string of the molecule is C#CCOc1ccc(C=Nn2c([C@@H](C)CC)nc3ccc(Br)cc3c2=O)cc1Cl. The molecule has 29 heavy (non-hydrogen) atoms. The zero-order valence-electron chi connectivity index (χ0n) is 16.0. The van der Waals surface area contributed by atoms with Crippen LogP contribution in [0.5, 0.6) is 5.75 Å². The normalized spacial score (nSPS) is 12.2. The number of hydrogen-bond donors (Lipinski definition) is 0. The Morgan fingerprint density at radius 3 is 2.86 bits per heavy atom. The second-order valence-corrected chi connectivity index (χ2v) is 7.81. The molecule has 3 rings (SSSR count). The van der Waals surface area contributed by atoms with Gasteiger partial charge in [-0.05, 0) is 48.4 Å². The first-order chi connectivity index (χ1) is 13.9. The molecule has 0 aliphatic heterocycles. The highest BCUT2D eigenvalue weighted by molar-refractivity contribution is 9.10. The summed E-state index contributed by atoms with van der Waals surface area (Å²) in [6.07, 6.45) is 7.61. The average Bonchev–Trinajstić information content (AvgIpc) is 2.72. The molecule has 0 saturated carbocycles. The number of fused-ring (bicyclic) bond motifs is 1. The van der Waals surface area contributed by atoms with Crippen LogP contribution in [0, 0.1) is 12.3 Å². The smallest absolute Gasteiger partial charge is 0.282 e. The molecular formula is C22H19BrClN3O2. The van der Waals surface area contributed by atoms with Crippen LogP contribution in [-0.4, -0.2) is 22.5 Å². The van der Waals surface area contributed by atoms with Crippen LogP contribution in [0.1, 0.15) is 37.6 Å². The highest BCUT2D eigenvalue weighted by Crippen LogP contribution is 2.25. The number of nitrogens with zero attached hydrogens (tertiary/aromatic N) is 3. The van der Waals surface area contributed by atoms with Crippen molar-refractivity contribution in [2.75, 3.05) is 6.61 Å². The maximum Gasteiger partial charge on any atom is 0.282 e. The molecule has 0 fully saturated rings. The van der Waals surface area contributed by atoms with Gasteiger partial charge in [0.15, 0.2) is 0 Å². The van der Waals surface area contributed by atoms with Crippen LogP contribution in [0.15, 0.2) is 50.8 Å². The zero-order chi connectivity index (χ0) is 21.0. The first kappa shape index (κ1) is 21.1. The third-order valence-corrected chi connectivity index (χ3v) is 5.26. The largest absolute Gasteiger partial charge is 0.479 e. The number of halogens is 2. The third kappa shape index (κ3) is 4.69. The summed E-state index contributed by atoms with van der Waals surface area (Å²) in [4.78, 5) is 17.8. The van der Waals surface area contributed by atoms with Crippen molar-refractivity contribution in [3.8, 4) is 18.1 Å². The second-order valence-electron chi connectivity index (χ2n) is 6.48. The predicted octanol–water partition coefficient (Wildman–Crippen LogP) is 5.22. The van der Waals surface area contributed by atoms with Crippen LogP contribution in [0.4, 0.5) is 0 Å². The van der Waals surface area contributed by atoms with E-state index in [2.05, 4.69) is 31.9 Å². The minimum atomic E-state index is -0.220. The summed E-state index contributed by atoms with van der Waals surface area (Å²) in [5.41, 5.74) is 1.15. The van der Waals surface area contributed by atoms with Crippen molar-refractivity contribution < 1.29 is 4.74 Å². The van der Waals surface area contributed by atoms with Gasteiger partial charge in [0.25, 0.3) is 5.56 Å². The molecular weight excluding hydrogens is 454 g/mol. The summed E-state index contributed by atoms with van der Waals surface area (Å²) < 4.78 is 7.54. The topological polar surface area (TPSA) is 56.5 Å². The lowest BCUT2D eigenvalue weighted by molar-refractivity contribution is 0.370. The highest BCUT2D eigenvalue weighted by Gasteiger charge is 2.15. The maximum absolute atomic E-state index is 13.1. The van der Waals surface area contributed by atoms with Crippen molar-refractivity contribution in [3.63, 3.8) is 0 Å². The number of terminal acetylenes is 1. The molecule has 0 bridgehead atoms. The third-order valence-electron chi connectivity index (χ3n) is 4.48. The summed E-state index contributed by atoms with van der Waals surface area (Å²) >= 11 is 9.64. The van der Waals surface area contributed by atoms with Crippen molar-refractivity contribution >= 4 is 44.6 Å². The Bertz CT molecular complexity index is 1180. The quantitative estimate of drug-likeness (QED) is 0.365. The van der Waals surface area contributed by atoms with Gasteiger partial charge in [-0.3, -0.25) is 4.79 Å². The molecule has 0 amide bonds. The Morgan fingerprint density at radius 1 is 1.38 bits per heavy atom. The molecule has 2 aromatic carbocycles. The van der Waals surface area contributed by atoms with Crippen molar-refractivity contribution in [2.24, 2.45) is 5.10 Å². The monoisotopic (exact) mass is 471 g/mol. The van der Waals surface area contributed by atoms with Gasteiger partial charge in [-0.2, -0.15) is 9.78 Å². The van der Waals surface area contributed by atoms with E-state index in [-0.39, 0.29) is 18.1 Å². The van der Waals surface area contributed by atoms with Crippen molar-refractivity contribution in [2.45, 2.75) is 26.2 Å². The Hall–Kier alpha value is -2.62. The van der Waals surface area contributed by atoms with Gasteiger partial charge in [-0.1, -0.05) is 47.3 Å². The highest BCUT2D eigenvalue weighted by atomic mass is 79.9. The number of rotatable bonds is 6. The van der Waals surface area contributed by atoms with Crippen LogP contribution in [0.25, 0.3) is 10.9 Å². The number of ether oxygens (including phenoxy) is 1. The van der Waals surface area contributed by atoms with Crippen LogP contribution >= 0.6 is 27.5 Å². The molecule has 3 aromatic rings. The van der Waals surface area contributed by atoms with Gasteiger partial charge >= 0.3 is 0 Å². The first-order valence-corrected chi connectivity index (χ1v) is 10.2. The number of benzene rings is 2. The van der Waals surface area contributed by atoms with Crippen molar-refractivity contribution in [1.29, 1.82) is 0 Å². The van der Waals surface area contributed by atoms with E-state index in [1.54, 1.807) is 30.5 Å². The van der Waals surface area contributed by atoms with Gasteiger partial charge in [0, 0.05) is 10.4 Å². The molecule has 0 aliphatic carbocycles. The van der Waals surface area contributed by atoms with Gasteiger partial charge < -0.3 is 4.74 Å². The van der Waals surface area contributed by atoms with Gasteiger partial charge in [-0.25, -0.2) is 4.98 Å². The molecule has 148 valence electrons. The van der Waals surface area contributed by atoms with Gasteiger partial charge in [-0.15, -0.1) is 6.42 Å². The summed E-state index contributed by atoms with van der Waals surface area (Å²) in [7, 11) is 0. The number of aromatic nitrogens is 2. The Morgan fingerprint density at radius 2 is 2.17 bits per heavy atom. The molecule has 0 saturated heterocycles. The van der Waals surface area contributed by atoms with Crippen molar-refractivity contribution in [1.82, 2.24) is 9.66 Å². The van der Waals surface area contributed by atoms with E-state index in [9.17, 15) is 4.79 Å². The van der Waals surface area contributed by atoms with Crippen LogP contribution in [0.2, 0.25) is 5.02 Å². The summed E-state index contributed by atoms with van der Waals surface area (Å²) in [5, 5.41) is 5.34. The minimum absolute atomic E-state index is 0.0658. The summed E-state index contributed by atoms with van der Waals surface area (Å²) in [5.74, 6) is 3.57. The van der Waals surface area contributed by atoms with E-state index < -0.39 is 0 Å². The molecule has 0 aliphatic rings. The Kier molecular flexibility index (Phi) is 6.73. The molecule has 0 radical (unpaired) electrons. The predicted molar refractivity (Wildman–Crippen MR) is 121 cm³/mol. The molecule has 0 spiro atoms. The van der Waals surface area contributed by atoms with E-state index in [1.807, 2.05) is 26.0 Å². The van der Waals surface area contributed by atoms with Gasteiger partial charge in [0.2, 0.25) is 0 Å². The van der Waals surface area contributed by atoms with Gasteiger partial charge in [0.1, 0.15) is 18.2 Å². The average molecular weight is 473 g/mol. The van der Waals surface area contributed by atoms with Gasteiger partial charge in [0.05, 0.1) is 22.1 Å². The number of hydrogen-bond acceptors (Lipinski definition) is 4. The fourth-order valence-corrected chi connectivity index (χ4v) is 3.34. The van der Waals surface area contributed by atoms with Crippen LogP contribution < -0.4 is 10.3 Å². The fraction of sp³-hybridized carbons (Fsp3) is 0.227. The van der Waals surface area contributed by atoms with E-state index >= 15 is 0 Å². The molecule has 0 unspecified atom stereocenters. The molecule has 1 atom stereocenters. The van der Waals surface area contributed by atoms with E-state index in [1.165, 1.54) is 4.68 Å². The first-order valence-electron chi connectivity index (χ1n) is 9.07. The van der Waals surface area contributed by atoms with Crippen LogP contribution in [0.3, 0.4) is 0 Å². The van der Waals surface area contributed by atoms with Crippen molar-refractivity contribution in [3.05, 3.63) is 67.6 Å². The molecule has 1 heterocycles. The second kappa shape index (κ2) is 9.25. The lowest BCUT2D eigenvalue weighted by Gasteiger charge is -2.14. The van der Waals surface area contributed by atoms with E-state index in [0.717, 1.165) is 16.5 Å². The Balaban J connectivity index is 2.06. The lowest BCUT2D eigenvalue weighted by Crippen LogP contribution is -2.23. The summed E-state index contributed by atoms with van der Waals surface area (Å²) in [6, 6.07) is 10.7. The zero-order valence-corrected chi connectivity index (χ0v) is 18.4. The Labute approximate surface area is 182 Å². The summed E-state index contributed by atoms with van der Waals surface area (Å²) in [6.45, 7) is 4.21.